The molecule has 1 aromatic rings. The predicted octanol–water partition coefficient (Wildman–Crippen LogP) is 2.89. The summed E-state index contributed by atoms with van der Waals surface area (Å²) in [5, 5.41) is 3.36. The topological polar surface area (TPSA) is 12.0 Å². The standard InChI is InChI=1S/C15H21N/c1-16-10-15(12-6-7-12)14-8-5-11-3-2-4-13(11)9-14/h5,8-9,12,15-16H,2-4,6-7,10H2,1H3. The molecule has 16 heavy (non-hydrogen) atoms. The van der Waals surface area contributed by atoms with Crippen LogP contribution in [-0.2, 0) is 12.8 Å². The zero-order valence-corrected chi connectivity index (χ0v) is 10.1. The van der Waals surface area contributed by atoms with Crippen LogP contribution < -0.4 is 5.32 Å². The molecule has 3 rings (SSSR count). The van der Waals surface area contributed by atoms with Crippen LogP contribution >= 0.6 is 0 Å². The average Bonchev–Trinajstić information content (AvgIpc) is 3.03. The molecule has 0 radical (unpaired) electrons. The van der Waals surface area contributed by atoms with Gasteiger partial charge in [-0.25, -0.2) is 0 Å². The SMILES string of the molecule is CNCC(c1ccc2c(c1)CCC2)C1CC1. The summed E-state index contributed by atoms with van der Waals surface area (Å²) in [7, 11) is 2.07. The van der Waals surface area contributed by atoms with Crippen LogP contribution in [0.1, 0.15) is 41.9 Å². The van der Waals surface area contributed by atoms with Gasteiger partial charge in [-0.2, -0.15) is 0 Å². The van der Waals surface area contributed by atoms with E-state index in [4.69, 9.17) is 0 Å². The maximum absolute atomic E-state index is 3.36. The van der Waals surface area contributed by atoms with Crippen LogP contribution in [-0.4, -0.2) is 13.6 Å². The molecule has 2 aliphatic carbocycles. The Morgan fingerprint density at radius 1 is 1.25 bits per heavy atom. The van der Waals surface area contributed by atoms with Crippen molar-refractivity contribution in [1.29, 1.82) is 0 Å². The highest BCUT2D eigenvalue weighted by Gasteiger charge is 2.32. The van der Waals surface area contributed by atoms with Gasteiger partial charge in [-0.15, -0.1) is 0 Å². The predicted molar refractivity (Wildman–Crippen MR) is 67.9 cm³/mol. The Labute approximate surface area is 98.3 Å². The van der Waals surface area contributed by atoms with E-state index in [0.717, 1.165) is 18.4 Å². The molecule has 2 aliphatic rings. The lowest BCUT2D eigenvalue weighted by Gasteiger charge is -2.17. The first-order valence-corrected chi connectivity index (χ1v) is 6.65. The van der Waals surface area contributed by atoms with Crippen LogP contribution in [0.3, 0.4) is 0 Å². The second-order valence-corrected chi connectivity index (χ2v) is 5.38. The number of aryl methyl sites for hydroxylation is 2. The van der Waals surface area contributed by atoms with Crippen molar-refractivity contribution < 1.29 is 0 Å². The van der Waals surface area contributed by atoms with Crippen molar-refractivity contribution in [3.63, 3.8) is 0 Å². The van der Waals surface area contributed by atoms with Gasteiger partial charge >= 0.3 is 0 Å². The van der Waals surface area contributed by atoms with Crippen LogP contribution in [0.2, 0.25) is 0 Å². The van der Waals surface area contributed by atoms with Crippen molar-refractivity contribution in [1.82, 2.24) is 5.32 Å². The number of nitrogens with one attached hydrogen (secondary N) is 1. The number of hydrogen-bond acceptors (Lipinski definition) is 1. The zero-order valence-electron chi connectivity index (χ0n) is 10.1. The molecule has 1 fully saturated rings. The lowest BCUT2D eigenvalue weighted by atomic mass is 9.91. The van der Waals surface area contributed by atoms with Gasteiger partial charge in [0, 0.05) is 6.54 Å². The summed E-state index contributed by atoms with van der Waals surface area (Å²) in [6, 6.07) is 7.25. The molecule has 0 heterocycles. The van der Waals surface area contributed by atoms with Crippen LogP contribution in [0.15, 0.2) is 18.2 Å². The molecule has 0 aliphatic heterocycles. The quantitative estimate of drug-likeness (QED) is 0.814. The maximum atomic E-state index is 3.36. The van der Waals surface area contributed by atoms with E-state index < -0.39 is 0 Å². The van der Waals surface area contributed by atoms with Crippen molar-refractivity contribution >= 4 is 0 Å². The van der Waals surface area contributed by atoms with E-state index >= 15 is 0 Å². The van der Waals surface area contributed by atoms with Crippen molar-refractivity contribution in [2.24, 2.45) is 5.92 Å². The Bertz CT molecular complexity index is 379. The summed E-state index contributed by atoms with van der Waals surface area (Å²) >= 11 is 0. The van der Waals surface area contributed by atoms with Gasteiger partial charge in [-0.3, -0.25) is 0 Å². The molecule has 0 bridgehead atoms. The Hall–Kier alpha value is -0.820. The number of benzene rings is 1. The van der Waals surface area contributed by atoms with Crippen LogP contribution in [0.5, 0.6) is 0 Å². The van der Waals surface area contributed by atoms with Gasteiger partial charge in [0.1, 0.15) is 0 Å². The van der Waals surface area contributed by atoms with Crippen molar-refractivity contribution in [2.75, 3.05) is 13.6 Å². The molecule has 0 amide bonds. The molecular formula is C15H21N. The van der Waals surface area contributed by atoms with E-state index in [1.807, 2.05) is 0 Å². The second-order valence-electron chi connectivity index (χ2n) is 5.38. The Kier molecular flexibility index (Phi) is 2.72. The molecule has 0 spiro atoms. The minimum absolute atomic E-state index is 0.760. The molecule has 1 atom stereocenters. The fourth-order valence-corrected chi connectivity index (χ4v) is 3.10. The number of fused-ring (bicyclic) bond motifs is 1. The minimum Gasteiger partial charge on any atom is -0.319 e. The summed E-state index contributed by atoms with van der Waals surface area (Å²) in [6.07, 6.45) is 6.83. The Morgan fingerprint density at radius 2 is 2.06 bits per heavy atom. The van der Waals surface area contributed by atoms with Gasteiger partial charge in [0.25, 0.3) is 0 Å². The summed E-state index contributed by atoms with van der Waals surface area (Å²) in [6.45, 7) is 1.14. The minimum atomic E-state index is 0.760. The van der Waals surface area contributed by atoms with Gasteiger partial charge < -0.3 is 5.32 Å². The fourth-order valence-electron chi connectivity index (χ4n) is 3.10. The van der Waals surface area contributed by atoms with Gasteiger partial charge in [-0.1, -0.05) is 18.2 Å². The first-order chi connectivity index (χ1) is 7.88. The third-order valence-electron chi connectivity index (χ3n) is 4.17. The molecule has 1 saturated carbocycles. The third kappa shape index (κ3) is 1.89. The molecule has 0 aromatic heterocycles. The van der Waals surface area contributed by atoms with E-state index in [1.165, 1.54) is 32.1 Å². The first kappa shape index (κ1) is 10.3. The smallest absolute Gasteiger partial charge is 0.00198 e. The van der Waals surface area contributed by atoms with E-state index in [-0.39, 0.29) is 0 Å². The number of rotatable bonds is 4. The lowest BCUT2D eigenvalue weighted by Crippen LogP contribution is -2.18. The highest BCUT2D eigenvalue weighted by atomic mass is 14.8. The summed E-state index contributed by atoms with van der Waals surface area (Å²) < 4.78 is 0. The number of hydrogen-bond donors (Lipinski definition) is 1. The molecule has 86 valence electrons. The van der Waals surface area contributed by atoms with Crippen molar-refractivity contribution in [3.05, 3.63) is 34.9 Å². The summed E-state index contributed by atoms with van der Waals surface area (Å²) in [5.74, 6) is 1.71. The van der Waals surface area contributed by atoms with E-state index in [2.05, 4.69) is 30.6 Å². The lowest BCUT2D eigenvalue weighted by molar-refractivity contribution is 0.566. The van der Waals surface area contributed by atoms with Gasteiger partial charge in [-0.05, 0) is 67.7 Å². The Morgan fingerprint density at radius 3 is 2.81 bits per heavy atom. The molecule has 1 nitrogen and oxygen atoms in total. The summed E-state index contributed by atoms with van der Waals surface area (Å²) in [5.41, 5.74) is 4.81. The Balaban J connectivity index is 1.86. The first-order valence-electron chi connectivity index (χ1n) is 6.65. The fraction of sp³-hybridized carbons (Fsp3) is 0.600. The molecule has 1 heteroatoms. The van der Waals surface area contributed by atoms with Gasteiger partial charge in [0.2, 0.25) is 0 Å². The van der Waals surface area contributed by atoms with Gasteiger partial charge in [0.05, 0.1) is 0 Å². The largest absolute Gasteiger partial charge is 0.319 e. The van der Waals surface area contributed by atoms with Crippen LogP contribution in [0.25, 0.3) is 0 Å². The molecule has 1 unspecified atom stereocenters. The molecular weight excluding hydrogens is 194 g/mol. The van der Waals surface area contributed by atoms with Crippen molar-refractivity contribution in [2.45, 2.75) is 38.0 Å². The normalized spacial score (nSPS) is 20.8. The third-order valence-corrected chi connectivity index (χ3v) is 4.17. The molecule has 1 aromatic carbocycles. The van der Waals surface area contributed by atoms with E-state index in [9.17, 15) is 0 Å². The molecule has 0 saturated heterocycles. The number of likely N-dealkylation sites (N-methyl/N-ethyl adjacent to an activating group) is 1. The monoisotopic (exact) mass is 215 g/mol. The van der Waals surface area contributed by atoms with Crippen molar-refractivity contribution in [3.8, 4) is 0 Å². The van der Waals surface area contributed by atoms with Crippen LogP contribution in [0, 0.1) is 5.92 Å². The highest BCUT2D eigenvalue weighted by Crippen LogP contribution is 2.43. The zero-order chi connectivity index (χ0) is 11.0. The summed E-state index contributed by atoms with van der Waals surface area (Å²) in [4.78, 5) is 0. The molecule has 1 N–H and O–H groups in total. The van der Waals surface area contributed by atoms with Crippen LogP contribution in [0.4, 0.5) is 0 Å². The second kappa shape index (κ2) is 4.21. The highest BCUT2D eigenvalue weighted by molar-refractivity contribution is 5.37. The van der Waals surface area contributed by atoms with E-state index in [1.54, 1.807) is 16.7 Å². The van der Waals surface area contributed by atoms with E-state index in [0.29, 0.717) is 0 Å². The average molecular weight is 215 g/mol. The maximum Gasteiger partial charge on any atom is 0.00198 e. The van der Waals surface area contributed by atoms with Gasteiger partial charge in [0.15, 0.2) is 0 Å².